The summed E-state index contributed by atoms with van der Waals surface area (Å²) >= 11 is 0. The Morgan fingerprint density at radius 3 is 2.12 bits per heavy atom. The number of hydrogen-bond acceptors (Lipinski definition) is 2. The molecule has 3 nitrogen and oxygen atoms in total. The summed E-state index contributed by atoms with van der Waals surface area (Å²) in [6.07, 6.45) is 0. The minimum atomic E-state index is -0.590. The van der Waals surface area contributed by atoms with Crippen molar-refractivity contribution in [3.8, 4) is 0 Å². The van der Waals surface area contributed by atoms with E-state index in [9.17, 15) is 9.59 Å². The molecule has 0 spiro atoms. The van der Waals surface area contributed by atoms with Crippen molar-refractivity contribution in [1.82, 2.24) is 5.32 Å². The molecule has 126 valence electrons. The third-order valence-electron chi connectivity index (χ3n) is 4.31. The summed E-state index contributed by atoms with van der Waals surface area (Å²) in [6, 6.07) is 14.1. The second-order valence-corrected chi connectivity index (χ2v) is 7.25. The summed E-state index contributed by atoms with van der Waals surface area (Å²) in [5.74, 6) is -0.276. The Hall–Kier alpha value is -2.42. The van der Waals surface area contributed by atoms with Gasteiger partial charge in [0.05, 0.1) is 6.04 Å². The zero-order valence-electron chi connectivity index (χ0n) is 15.0. The largest absolute Gasteiger partial charge is 0.341 e. The third-order valence-corrected chi connectivity index (χ3v) is 4.31. The number of nitrogens with one attached hydrogen (secondary N) is 1. The van der Waals surface area contributed by atoms with Crippen LogP contribution in [-0.4, -0.2) is 17.7 Å². The van der Waals surface area contributed by atoms with E-state index >= 15 is 0 Å². The van der Waals surface area contributed by atoms with Crippen LogP contribution in [0.25, 0.3) is 0 Å². The van der Waals surface area contributed by atoms with E-state index in [-0.39, 0.29) is 17.1 Å². The first-order valence-corrected chi connectivity index (χ1v) is 8.18. The van der Waals surface area contributed by atoms with Crippen LogP contribution in [-0.2, 0) is 0 Å². The number of benzene rings is 2. The van der Waals surface area contributed by atoms with E-state index in [1.807, 2.05) is 65.0 Å². The van der Waals surface area contributed by atoms with Gasteiger partial charge in [-0.3, -0.25) is 9.59 Å². The average Bonchev–Trinajstić information content (AvgIpc) is 2.54. The zero-order valence-corrected chi connectivity index (χ0v) is 15.0. The number of hydrogen-bond donors (Lipinski definition) is 1. The molecule has 0 aliphatic rings. The number of Topliss-reactive ketones (excluding diaryl/α,β-unsaturated/α-hetero) is 1. The summed E-state index contributed by atoms with van der Waals surface area (Å²) in [5, 5.41) is 2.95. The minimum absolute atomic E-state index is 0.0678. The van der Waals surface area contributed by atoms with Crippen LogP contribution in [0.15, 0.2) is 48.5 Å². The van der Waals surface area contributed by atoms with Gasteiger partial charge in [-0.2, -0.15) is 0 Å². The summed E-state index contributed by atoms with van der Waals surface area (Å²) in [4.78, 5) is 25.6. The smallest absolute Gasteiger partial charge is 0.252 e. The second-order valence-electron chi connectivity index (χ2n) is 7.25. The van der Waals surface area contributed by atoms with Crippen molar-refractivity contribution in [2.24, 2.45) is 5.41 Å². The van der Waals surface area contributed by atoms with E-state index in [2.05, 4.69) is 5.32 Å². The van der Waals surface area contributed by atoms with Crippen LogP contribution < -0.4 is 5.32 Å². The van der Waals surface area contributed by atoms with E-state index in [0.717, 1.165) is 11.1 Å². The van der Waals surface area contributed by atoms with E-state index in [1.54, 1.807) is 18.2 Å². The van der Waals surface area contributed by atoms with E-state index in [4.69, 9.17) is 0 Å². The van der Waals surface area contributed by atoms with Gasteiger partial charge < -0.3 is 5.32 Å². The first kappa shape index (κ1) is 17.9. The van der Waals surface area contributed by atoms with E-state index in [0.29, 0.717) is 11.1 Å². The van der Waals surface area contributed by atoms with E-state index < -0.39 is 6.04 Å². The van der Waals surface area contributed by atoms with Gasteiger partial charge in [0, 0.05) is 11.1 Å². The monoisotopic (exact) mass is 323 g/mol. The second kappa shape index (κ2) is 7.00. The lowest BCUT2D eigenvalue weighted by molar-refractivity contribution is 0.0781. The van der Waals surface area contributed by atoms with Crippen LogP contribution in [0.4, 0.5) is 0 Å². The van der Waals surface area contributed by atoms with E-state index in [1.165, 1.54) is 0 Å². The molecule has 2 aromatic rings. The molecule has 0 fully saturated rings. The van der Waals surface area contributed by atoms with Gasteiger partial charge in [-0.15, -0.1) is 0 Å². The summed E-state index contributed by atoms with van der Waals surface area (Å²) < 4.78 is 0. The fourth-order valence-corrected chi connectivity index (χ4v) is 2.65. The minimum Gasteiger partial charge on any atom is -0.341 e. The maximum absolute atomic E-state index is 12.9. The first-order chi connectivity index (χ1) is 11.2. The molecule has 1 atom stereocenters. The lowest BCUT2D eigenvalue weighted by atomic mass is 9.82. The molecular formula is C21H25NO2. The summed E-state index contributed by atoms with van der Waals surface area (Å²) in [7, 11) is 0. The van der Waals surface area contributed by atoms with Crippen LogP contribution in [0, 0.1) is 19.3 Å². The molecule has 0 aromatic heterocycles. The normalized spacial score (nSPS) is 12.5. The predicted molar refractivity (Wildman–Crippen MR) is 97.4 cm³/mol. The van der Waals surface area contributed by atoms with Gasteiger partial charge in [0.1, 0.15) is 0 Å². The highest BCUT2D eigenvalue weighted by Gasteiger charge is 2.33. The highest BCUT2D eigenvalue weighted by Crippen LogP contribution is 2.24. The Morgan fingerprint density at radius 2 is 1.54 bits per heavy atom. The average molecular weight is 323 g/mol. The maximum atomic E-state index is 12.9. The molecule has 3 heteroatoms. The third kappa shape index (κ3) is 3.91. The SMILES string of the molecule is Cc1cccc(C(=O)NC(C(=O)c2ccccc2)C(C)(C)C)c1C. The van der Waals surface area contributed by atoms with Gasteiger partial charge in [0.15, 0.2) is 5.78 Å². The highest BCUT2D eigenvalue weighted by atomic mass is 16.2. The van der Waals surface area contributed by atoms with Gasteiger partial charge in [-0.25, -0.2) is 0 Å². The molecule has 0 radical (unpaired) electrons. The lowest BCUT2D eigenvalue weighted by Gasteiger charge is -2.30. The lowest BCUT2D eigenvalue weighted by Crippen LogP contribution is -2.49. The number of carbonyl (C=O) groups is 2. The van der Waals surface area contributed by atoms with Crippen LogP contribution in [0.2, 0.25) is 0 Å². The van der Waals surface area contributed by atoms with Gasteiger partial charge in [-0.05, 0) is 36.5 Å². The summed E-state index contributed by atoms with van der Waals surface area (Å²) in [6.45, 7) is 9.78. The van der Waals surface area contributed by atoms with Crippen LogP contribution in [0.3, 0.4) is 0 Å². The Morgan fingerprint density at radius 1 is 0.917 bits per heavy atom. The van der Waals surface area contributed by atoms with Crippen molar-refractivity contribution >= 4 is 11.7 Å². The molecule has 1 N–H and O–H groups in total. The van der Waals surface area contributed by atoms with Crippen molar-refractivity contribution in [3.05, 3.63) is 70.8 Å². The van der Waals surface area contributed by atoms with Crippen LogP contribution in [0.5, 0.6) is 0 Å². The van der Waals surface area contributed by atoms with Crippen LogP contribution in [0.1, 0.15) is 52.6 Å². The fraction of sp³-hybridized carbons (Fsp3) is 0.333. The highest BCUT2D eigenvalue weighted by molar-refractivity contribution is 6.05. The van der Waals surface area contributed by atoms with Crippen molar-refractivity contribution in [3.63, 3.8) is 0 Å². The van der Waals surface area contributed by atoms with Gasteiger partial charge >= 0.3 is 0 Å². The maximum Gasteiger partial charge on any atom is 0.252 e. The number of rotatable bonds is 4. The first-order valence-electron chi connectivity index (χ1n) is 8.18. The summed E-state index contributed by atoms with van der Waals surface area (Å²) in [5.41, 5.74) is 2.84. The Labute approximate surface area is 144 Å². The van der Waals surface area contributed by atoms with Gasteiger partial charge in [0.2, 0.25) is 0 Å². The number of amides is 1. The number of ketones is 1. The number of carbonyl (C=O) groups excluding carboxylic acids is 2. The Balaban J connectivity index is 2.32. The molecule has 0 saturated heterocycles. The van der Waals surface area contributed by atoms with Gasteiger partial charge in [-0.1, -0.05) is 63.2 Å². The molecule has 0 aliphatic carbocycles. The molecule has 1 unspecified atom stereocenters. The van der Waals surface area contributed by atoms with Crippen molar-refractivity contribution < 1.29 is 9.59 Å². The predicted octanol–water partition coefficient (Wildman–Crippen LogP) is 4.33. The molecule has 24 heavy (non-hydrogen) atoms. The number of aryl methyl sites for hydroxylation is 1. The molecule has 2 aromatic carbocycles. The fourth-order valence-electron chi connectivity index (χ4n) is 2.65. The molecule has 0 heterocycles. The Bertz CT molecular complexity index is 742. The molecule has 0 aliphatic heterocycles. The molecule has 0 saturated carbocycles. The molecule has 1 amide bonds. The van der Waals surface area contributed by atoms with Crippen molar-refractivity contribution in [2.75, 3.05) is 0 Å². The molecule has 0 bridgehead atoms. The topological polar surface area (TPSA) is 46.2 Å². The Kier molecular flexibility index (Phi) is 5.23. The van der Waals surface area contributed by atoms with Crippen molar-refractivity contribution in [1.29, 1.82) is 0 Å². The molecular weight excluding hydrogens is 298 g/mol. The van der Waals surface area contributed by atoms with Crippen LogP contribution >= 0.6 is 0 Å². The van der Waals surface area contributed by atoms with Gasteiger partial charge in [0.25, 0.3) is 5.91 Å². The zero-order chi connectivity index (χ0) is 17.9. The standard InChI is InChI=1S/C21H25NO2/c1-14-10-9-13-17(15(14)2)20(24)22-19(21(3,4)5)18(23)16-11-7-6-8-12-16/h6-13,19H,1-5H3,(H,22,24). The van der Waals surface area contributed by atoms with Crippen molar-refractivity contribution in [2.45, 2.75) is 40.7 Å². The molecule has 2 rings (SSSR count). The quantitative estimate of drug-likeness (QED) is 0.851.